The predicted octanol–water partition coefficient (Wildman–Crippen LogP) is 2.94. The summed E-state index contributed by atoms with van der Waals surface area (Å²) in [5.74, 6) is 0.351. The minimum atomic E-state index is -0.778. The van der Waals surface area contributed by atoms with Gasteiger partial charge in [0.2, 0.25) is 5.91 Å². The summed E-state index contributed by atoms with van der Waals surface area (Å²) in [6.45, 7) is 2.62. The van der Waals surface area contributed by atoms with Crippen LogP contribution < -0.4 is 5.32 Å². The Labute approximate surface area is 118 Å². The highest BCUT2D eigenvalue weighted by atomic mass is 35.5. The van der Waals surface area contributed by atoms with Crippen molar-refractivity contribution in [1.29, 1.82) is 5.26 Å². The van der Waals surface area contributed by atoms with Crippen LogP contribution in [0.15, 0.2) is 24.3 Å². The summed E-state index contributed by atoms with van der Waals surface area (Å²) in [5.41, 5.74) is 0.344. The predicted molar refractivity (Wildman–Crippen MR) is 74.6 cm³/mol. The number of nitrogens with one attached hydrogen (secondary N) is 1. The average Bonchev–Trinajstić information content (AvgIpc) is 2.37. The molecule has 1 amide bonds. The van der Waals surface area contributed by atoms with Gasteiger partial charge in [-0.1, -0.05) is 30.7 Å². The van der Waals surface area contributed by atoms with E-state index in [0.717, 1.165) is 12.0 Å². The van der Waals surface area contributed by atoms with E-state index in [0.29, 0.717) is 30.3 Å². The van der Waals surface area contributed by atoms with Crippen LogP contribution in [0.2, 0.25) is 5.02 Å². The molecule has 0 bridgehead atoms. The number of halogens is 1. The maximum absolute atomic E-state index is 12.0. The van der Waals surface area contributed by atoms with E-state index in [-0.39, 0.29) is 5.91 Å². The van der Waals surface area contributed by atoms with Crippen molar-refractivity contribution in [3.8, 4) is 6.07 Å². The van der Waals surface area contributed by atoms with E-state index in [1.807, 2.05) is 24.3 Å². The molecule has 100 valence electrons. The minimum Gasteiger partial charge on any atom is -0.354 e. The van der Waals surface area contributed by atoms with Gasteiger partial charge in [-0.25, -0.2) is 0 Å². The highest BCUT2D eigenvalue weighted by molar-refractivity contribution is 6.30. The molecule has 0 atom stereocenters. The van der Waals surface area contributed by atoms with Gasteiger partial charge >= 0.3 is 0 Å². The first-order valence-electron chi connectivity index (χ1n) is 6.50. The zero-order chi connectivity index (χ0) is 13.9. The fraction of sp³-hybridized carbons (Fsp3) is 0.467. The first kappa shape index (κ1) is 13.9. The van der Waals surface area contributed by atoms with Gasteiger partial charge in [-0.15, -0.1) is 0 Å². The van der Waals surface area contributed by atoms with Crippen LogP contribution in [0.1, 0.15) is 25.3 Å². The Morgan fingerprint density at radius 3 is 2.63 bits per heavy atom. The van der Waals surface area contributed by atoms with Crippen LogP contribution in [0.4, 0.5) is 0 Å². The van der Waals surface area contributed by atoms with Gasteiger partial charge in [0.1, 0.15) is 5.41 Å². The van der Waals surface area contributed by atoms with Gasteiger partial charge in [0.05, 0.1) is 6.07 Å². The zero-order valence-corrected chi connectivity index (χ0v) is 11.7. The molecule has 1 fully saturated rings. The van der Waals surface area contributed by atoms with E-state index >= 15 is 0 Å². The monoisotopic (exact) mass is 276 g/mol. The molecule has 1 aromatic rings. The minimum absolute atomic E-state index is 0.123. The Bertz CT molecular complexity index is 498. The smallest absolute Gasteiger partial charge is 0.240 e. The van der Waals surface area contributed by atoms with Gasteiger partial charge in [0.15, 0.2) is 0 Å². The second-order valence-electron chi connectivity index (χ2n) is 5.34. The molecule has 1 saturated carbocycles. The second kappa shape index (κ2) is 5.63. The van der Waals surface area contributed by atoms with E-state index in [1.165, 1.54) is 0 Å². The van der Waals surface area contributed by atoms with Gasteiger partial charge in [-0.05, 0) is 42.9 Å². The Hall–Kier alpha value is -1.53. The number of rotatable bonds is 4. The summed E-state index contributed by atoms with van der Waals surface area (Å²) >= 11 is 5.81. The lowest BCUT2D eigenvalue weighted by atomic mass is 9.63. The molecular formula is C15H17ClN2O. The molecule has 0 unspecified atom stereocenters. The molecular weight excluding hydrogens is 260 g/mol. The van der Waals surface area contributed by atoms with Crippen LogP contribution in [-0.2, 0) is 11.2 Å². The van der Waals surface area contributed by atoms with Crippen molar-refractivity contribution < 1.29 is 4.79 Å². The number of hydrogen-bond acceptors (Lipinski definition) is 2. The molecule has 19 heavy (non-hydrogen) atoms. The number of carbonyl (C=O) groups is 1. The number of nitrogens with zero attached hydrogens (tertiary/aromatic N) is 1. The molecule has 0 aliphatic heterocycles. The van der Waals surface area contributed by atoms with Crippen LogP contribution in [0, 0.1) is 22.7 Å². The maximum atomic E-state index is 12.0. The van der Waals surface area contributed by atoms with E-state index in [2.05, 4.69) is 18.3 Å². The van der Waals surface area contributed by atoms with Crippen molar-refractivity contribution in [2.45, 2.75) is 26.2 Å². The Kier molecular flexibility index (Phi) is 4.11. The molecule has 1 N–H and O–H groups in total. The third kappa shape index (κ3) is 3.08. The molecule has 0 saturated heterocycles. The summed E-state index contributed by atoms with van der Waals surface area (Å²) in [5, 5.41) is 12.7. The molecule has 3 nitrogen and oxygen atoms in total. The number of benzene rings is 1. The highest BCUT2D eigenvalue weighted by Crippen LogP contribution is 2.44. The van der Waals surface area contributed by atoms with Crippen molar-refractivity contribution in [2.75, 3.05) is 6.54 Å². The normalized spacial score (nSPS) is 25.2. The van der Waals surface area contributed by atoms with E-state index in [4.69, 9.17) is 16.9 Å². The van der Waals surface area contributed by atoms with Gasteiger partial charge < -0.3 is 5.32 Å². The summed E-state index contributed by atoms with van der Waals surface area (Å²) in [6, 6.07) is 9.73. The fourth-order valence-electron chi connectivity index (χ4n) is 2.60. The zero-order valence-electron chi connectivity index (χ0n) is 10.9. The molecule has 0 radical (unpaired) electrons. The number of hydrogen-bond donors (Lipinski definition) is 1. The third-order valence-corrected chi connectivity index (χ3v) is 3.91. The van der Waals surface area contributed by atoms with Crippen molar-refractivity contribution >= 4 is 17.5 Å². The summed E-state index contributed by atoms with van der Waals surface area (Å²) in [4.78, 5) is 12.0. The van der Waals surface area contributed by atoms with Crippen LogP contribution >= 0.6 is 11.6 Å². The molecule has 0 heterocycles. The van der Waals surface area contributed by atoms with Crippen molar-refractivity contribution in [2.24, 2.45) is 11.3 Å². The second-order valence-corrected chi connectivity index (χ2v) is 5.78. The van der Waals surface area contributed by atoms with Gasteiger partial charge in [-0.3, -0.25) is 4.79 Å². The van der Waals surface area contributed by atoms with Crippen LogP contribution in [-0.4, -0.2) is 12.5 Å². The van der Waals surface area contributed by atoms with Crippen molar-refractivity contribution in [3.05, 3.63) is 34.9 Å². The number of amides is 1. The van der Waals surface area contributed by atoms with E-state index < -0.39 is 5.41 Å². The lowest BCUT2D eigenvalue weighted by Crippen LogP contribution is -2.48. The van der Waals surface area contributed by atoms with Gasteiger partial charge in [0.25, 0.3) is 0 Å². The Morgan fingerprint density at radius 1 is 1.47 bits per heavy atom. The maximum Gasteiger partial charge on any atom is 0.240 e. The Morgan fingerprint density at radius 2 is 2.11 bits per heavy atom. The van der Waals surface area contributed by atoms with Gasteiger partial charge in [0, 0.05) is 11.6 Å². The largest absolute Gasteiger partial charge is 0.354 e. The average molecular weight is 277 g/mol. The third-order valence-electron chi connectivity index (χ3n) is 3.65. The van der Waals surface area contributed by atoms with Crippen LogP contribution in [0.5, 0.6) is 0 Å². The van der Waals surface area contributed by atoms with E-state index in [1.54, 1.807) is 0 Å². The molecule has 2 rings (SSSR count). The summed E-state index contributed by atoms with van der Waals surface area (Å²) < 4.78 is 0. The molecule has 0 aromatic heterocycles. The van der Waals surface area contributed by atoms with Crippen LogP contribution in [0.3, 0.4) is 0 Å². The highest BCUT2D eigenvalue weighted by Gasteiger charge is 2.48. The Balaban J connectivity index is 1.81. The summed E-state index contributed by atoms with van der Waals surface area (Å²) in [7, 11) is 0. The summed E-state index contributed by atoms with van der Waals surface area (Å²) in [6.07, 6.45) is 2.10. The topological polar surface area (TPSA) is 52.9 Å². The van der Waals surface area contributed by atoms with Crippen molar-refractivity contribution in [1.82, 2.24) is 5.32 Å². The van der Waals surface area contributed by atoms with E-state index in [9.17, 15) is 4.79 Å². The van der Waals surface area contributed by atoms with Gasteiger partial charge in [-0.2, -0.15) is 5.26 Å². The SMILES string of the molecule is CC1CC(C#N)(C(=O)NCCc2ccc(Cl)cc2)C1. The molecule has 1 aromatic carbocycles. The fourth-order valence-corrected chi connectivity index (χ4v) is 2.72. The van der Waals surface area contributed by atoms with Crippen LogP contribution in [0.25, 0.3) is 0 Å². The lowest BCUT2D eigenvalue weighted by Gasteiger charge is -2.39. The molecule has 4 heteroatoms. The number of nitriles is 1. The first-order chi connectivity index (χ1) is 9.05. The standard InChI is InChI=1S/C15H17ClN2O/c1-11-8-15(9-11,10-17)14(19)18-7-6-12-2-4-13(16)5-3-12/h2-5,11H,6-9H2,1H3,(H,18,19). The quantitative estimate of drug-likeness (QED) is 0.919. The molecule has 1 aliphatic carbocycles. The lowest BCUT2D eigenvalue weighted by molar-refractivity contribution is -0.133. The molecule has 1 aliphatic rings. The van der Waals surface area contributed by atoms with Crippen molar-refractivity contribution in [3.63, 3.8) is 0 Å². The first-order valence-corrected chi connectivity index (χ1v) is 6.87. The molecule has 0 spiro atoms. The number of carbonyl (C=O) groups excluding carboxylic acids is 1.